The van der Waals surface area contributed by atoms with Crippen LogP contribution in [-0.2, 0) is 32.2 Å². The number of aliphatic carboxylic acids is 1. The van der Waals surface area contributed by atoms with Gasteiger partial charge >= 0.3 is 11.9 Å². The number of aromatic nitrogens is 2. The Bertz CT molecular complexity index is 2600. The molecular formula is C45H46N4O15. The number of carboxylic acid groups (broad SMARTS) is 1. The normalized spacial score (nSPS) is 26.0. The van der Waals surface area contributed by atoms with Crippen LogP contribution in [0.1, 0.15) is 58.7 Å². The van der Waals surface area contributed by atoms with Gasteiger partial charge in [0.1, 0.15) is 54.5 Å². The Labute approximate surface area is 364 Å². The van der Waals surface area contributed by atoms with Gasteiger partial charge in [0.2, 0.25) is 12.0 Å². The molecule has 0 spiro atoms. The van der Waals surface area contributed by atoms with E-state index in [0.717, 1.165) is 22.0 Å². The summed E-state index contributed by atoms with van der Waals surface area (Å²) in [5, 5.41) is 63.7. The number of rotatable bonds is 13. The Morgan fingerprint density at radius 3 is 2.55 bits per heavy atom. The number of aliphatic hydroxyl groups is 5. The lowest BCUT2D eigenvalue weighted by atomic mass is 9.76. The zero-order valence-electron chi connectivity index (χ0n) is 34.0. The molecule has 3 aromatic carbocycles. The van der Waals surface area contributed by atoms with E-state index in [1.54, 1.807) is 24.4 Å². The second kappa shape index (κ2) is 17.7. The Morgan fingerprint density at radius 2 is 1.80 bits per heavy atom. The van der Waals surface area contributed by atoms with Crippen molar-refractivity contribution in [3.8, 4) is 40.6 Å². The highest BCUT2D eigenvalue weighted by Gasteiger charge is 2.53. The van der Waals surface area contributed by atoms with Crippen molar-refractivity contribution < 1.29 is 73.4 Å². The van der Waals surface area contributed by atoms with Crippen molar-refractivity contribution in [1.29, 1.82) is 0 Å². The topological polar surface area (TPSA) is 293 Å². The number of nitrogens with two attached hydrogens (primary N) is 2. The lowest BCUT2D eigenvalue weighted by Gasteiger charge is -2.43. The predicted octanol–water partition coefficient (Wildman–Crippen LogP) is 1.20. The van der Waals surface area contributed by atoms with Gasteiger partial charge in [0.25, 0.3) is 0 Å². The molecule has 4 aliphatic rings. The maximum atomic E-state index is 12.4. The highest BCUT2D eigenvalue weighted by Crippen LogP contribution is 2.61. The van der Waals surface area contributed by atoms with Gasteiger partial charge in [-0.2, -0.15) is 0 Å². The molecule has 4 bridgehead atoms. The van der Waals surface area contributed by atoms with Gasteiger partial charge in [-0.3, -0.25) is 9.59 Å². The molecule has 2 aromatic heterocycles. The summed E-state index contributed by atoms with van der Waals surface area (Å²) in [5.41, 5.74) is 16.0. The van der Waals surface area contributed by atoms with E-state index in [2.05, 4.69) is 16.8 Å². The lowest BCUT2D eigenvalue weighted by molar-refractivity contribution is -0.291. The van der Waals surface area contributed by atoms with Crippen LogP contribution in [0.25, 0.3) is 10.9 Å². The Hall–Kier alpha value is -6.34. The summed E-state index contributed by atoms with van der Waals surface area (Å²) in [5.74, 6) is 4.30. The summed E-state index contributed by atoms with van der Waals surface area (Å²) >= 11 is 0. The zero-order chi connectivity index (χ0) is 44.8. The average Bonchev–Trinajstić information content (AvgIpc) is 3.98. The van der Waals surface area contributed by atoms with Crippen LogP contribution in [0.3, 0.4) is 0 Å². The van der Waals surface area contributed by atoms with Gasteiger partial charge in [-0.25, -0.2) is 0 Å². The van der Waals surface area contributed by atoms with Gasteiger partial charge in [-0.15, -0.1) is 0 Å². The van der Waals surface area contributed by atoms with Crippen LogP contribution in [0.5, 0.6) is 28.7 Å². The van der Waals surface area contributed by atoms with Crippen LogP contribution in [0.2, 0.25) is 0 Å². The number of carbonyl (C=O) groups excluding carboxylic acids is 1. The second-order valence-electron chi connectivity index (χ2n) is 15.9. The van der Waals surface area contributed by atoms with E-state index in [-0.39, 0.29) is 31.3 Å². The van der Waals surface area contributed by atoms with Crippen LogP contribution in [0, 0.1) is 11.8 Å². The summed E-state index contributed by atoms with van der Waals surface area (Å²) in [4.78, 5) is 26.8. The highest BCUT2D eigenvalue weighted by atomic mass is 16.7. The van der Waals surface area contributed by atoms with E-state index in [4.69, 9.17) is 49.7 Å². The monoisotopic (exact) mass is 882 g/mol. The van der Waals surface area contributed by atoms with Gasteiger partial charge in [0.05, 0.1) is 42.4 Å². The van der Waals surface area contributed by atoms with Crippen molar-refractivity contribution in [3.05, 3.63) is 101 Å². The van der Waals surface area contributed by atoms with E-state index in [1.807, 2.05) is 53.2 Å². The van der Waals surface area contributed by atoms with Crippen LogP contribution in [0.4, 0.5) is 0 Å². The molecule has 4 aliphatic heterocycles. The van der Waals surface area contributed by atoms with Crippen molar-refractivity contribution >= 4 is 22.8 Å². The number of carbonyl (C=O) groups is 2. The van der Waals surface area contributed by atoms with Gasteiger partial charge in [-0.05, 0) is 29.3 Å². The average molecular weight is 883 g/mol. The van der Waals surface area contributed by atoms with E-state index >= 15 is 0 Å². The molecule has 10 atom stereocenters. The molecule has 0 radical (unpaired) electrons. The maximum absolute atomic E-state index is 12.4. The number of carboxylic acids is 1. The number of nitrogens with zero attached hydrogens (tertiary/aromatic N) is 1. The molecule has 0 aliphatic carbocycles. The number of hydrogen-bond acceptors (Lipinski definition) is 16. The third kappa shape index (κ3) is 7.84. The van der Waals surface area contributed by atoms with Crippen LogP contribution in [-0.4, -0.2) is 115 Å². The van der Waals surface area contributed by atoms with Crippen LogP contribution in [0.15, 0.2) is 73.1 Å². The fraction of sp³-hybridized carbons (Fsp3) is 0.378. The molecule has 64 heavy (non-hydrogen) atoms. The smallest absolute Gasteiger partial charge is 0.317 e. The van der Waals surface area contributed by atoms with E-state index in [1.165, 1.54) is 0 Å². The number of aliphatic hydroxyl groups excluding tert-OH is 5. The number of esters is 1. The molecule has 19 heteroatoms. The molecule has 11 N–H and O–H groups in total. The summed E-state index contributed by atoms with van der Waals surface area (Å²) < 4.78 is 45.3. The lowest BCUT2D eigenvalue weighted by Crippen LogP contribution is -2.66. The largest absolute Gasteiger partial charge is 0.487 e. The summed E-state index contributed by atoms with van der Waals surface area (Å²) in [6.45, 7) is -0.593. The molecule has 0 unspecified atom stereocenters. The molecule has 336 valence electrons. The Morgan fingerprint density at radius 1 is 0.984 bits per heavy atom. The van der Waals surface area contributed by atoms with Crippen LogP contribution < -0.4 is 35.2 Å². The fourth-order valence-corrected chi connectivity index (χ4v) is 9.07. The van der Waals surface area contributed by atoms with Gasteiger partial charge < -0.3 is 84.8 Å². The van der Waals surface area contributed by atoms with Gasteiger partial charge in [-0.1, -0.05) is 48.2 Å². The minimum Gasteiger partial charge on any atom is -0.487 e. The quantitative estimate of drug-likeness (QED) is 0.0348. The maximum Gasteiger partial charge on any atom is 0.317 e. The zero-order valence-corrected chi connectivity index (χ0v) is 34.0. The van der Waals surface area contributed by atoms with Crippen molar-refractivity contribution in [2.45, 2.75) is 93.0 Å². The number of benzene rings is 3. The van der Waals surface area contributed by atoms with Crippen LogP contribution >= 0.6 is 0 Å². The molecule has 0 amide bonds. The van der Waals surface area contributed by atoms with Gasteiger partial charge in [0, 0.05) is 47.9 Å². The number of fused-ring (bicyclic) bond motifs is 3. The predicted molar refractivity (Wildman–Crippen MR) is 221 cm³/mol. The summed E-state index contributed by atoms with van der Waals surface area (Å²) in [6.07, 6.45) is -10.9. The standard InChI is InChI=1S/C45H46N4O15/c46-44(47)43(62-31(54)16-30(52)53)42-36(56)35(55)37(57)45(64-42)60-24-14-23(18-49-17-22-11-12-48-34(22)27(49)19-50)32-29(15-24)61-38-25(21-6-2-1-3-7-21)8-4-5-13-58-40-28(59-20-51)10-9-26-33(38)41(32)63-39(26)40/h1-3,6-7,9-12,14-15,17,25,33,35-38,41-45,48,50-51,55-57H,5,13,16,18-20,46-47H2,(H,52,53)/t25-,33-,35+,36+,37-,38-,41+,42+,43-,45-/m1/s1. The van der Waals surface area contributed by atoms with Crippen molar-refractivity contribution in [3.63, 3.8) is 0 Å². The first-order chi connectivity index (χ1) is 30.9. The molecule has 1 fully saturated rings. The minimum atomic E-state index is -1.94. The number of nitrogens with one attached hydrogen (secondary N) is 1. The Kier molecular flexibility index (Phi) is 11.9. The molecular weight excluding hydrogens is 837 g/mol. The molecule has 5 aromatic rings. The fourth-order valence-electron chi connectivity index (χ4n) is 9.07. The van der Waals surface area contributed by atoms with E-state index in [9.17, 15) is 35.1 Å². The Balaban J connectivity index is 1.18. The first-order valence-electron chi connectivity index (χ1n) is 20.6. The molecule has 1 saturated heterocycles. The minimum absolute atomic E-state index is 0.0544. The first kappa shape index (κ1) is 42.9. The summed E-state index contributed by atoms with van der Waals surface area (Å²) in [6, 6.07) is 18.4. The number of aromatic amines is 1. The molecule has 0 saturated carbocycles. The number of hydrogen-bond donors (Lipinski definition) is 9. The summed E-state index contributed by atoms with van der Waals surface area (Å²) in [7, 11) is 0. The SMILES string of the molecule is NC(N)[C@H](OC(=O)CC(=O)O)[C@H]1O[C@@H](Oc2cc(Cn3cc4cc[nH]c4c3CO)c3c(c2)O[C@H]2[C@H]4c5ccc(OCO)c(c5O[C@@H]34)OCCC#C[C@@H]2c2ccccc2)[C@H](O)[C@@H](O)[C@@H]1O. The number of ether oxygens (including phenoxy) is 7. The van der Waals surface area contributed by atoms with Crippen molar-refractivity contribution in [2.75, 3.05) is 13.4 Å². The first-order valence-corrected chi connectivity index (χ1v) is 20.6. The molecule has 6 heterocycles. The van der Waals surface area contributed by atoms with Gasteiger partial charge in [0.15, 0.2) is 24.4 Å². The molecule has 9 rings (SSSR count). The molecule has 19 nitrogen and oxygen atoms in total. The highest BCUT2D eigenvalue weighted by molar-refractivity contribution is 5.90. The third-order valence-electron chi connectivity index (χ3n) is 11.9. The van der Waals surface area contributed by atoms with Crippen molar-refractivity contribution in [2.24, 2.45) is 11.5 Å². The second-order valence-corrected chi connectivity index (χ2v) is 15.9. The van der Waals surface area contributed by atoms with E-state index in [0.29, 0.717) is 40.5 Å². The number of H-pyrrole nitrogens is 1. The third-order valence-corrected chi connectivity index (χ3v) is 11.9. The van der Waals surface area contributed by atoms with Crippen molar-refractivity contribution in [1.82, 2.24) is 9.55 Å². The van der Waals surface area contributed by atoms with E-state index < -0.39 is 92.2 Å².